The monoisotopic (exact) mass is 268 g/mol. The zero-order valence-corrected chi connectivity index (χ0v) is 10.8. The first-order valence-electron chi connectivity index (χ1n) is 5.96. The molecule has 5 nitrogen and oxygen atoms in total. The van der Waals surface area contributed by atoms with Crippen LogP contribution < -0.4 is 0 Å². The lowest BCUT2D eigenvalue weighted by molar-refractivity contribution is -0.384. The van der Waals surface area contributed by atoms with Gasteiger partial charge < -0.3 is 0 Å². The summed E-state index contributed by atoms with van der Waals surface area (Å²) in [4.78, 5) is 25.7. The summed E-state index contributed by atoms with van der Waals surface area (Å²) in [7, 11) is 0. The Bertz CT molecular complexity index is 634. The van der Waals surface area contributed by atoms with E-state index in [1.807, 2.05) is 0 Å². The molecule has 0 atom stereocenters. The van der Waals surface area contributed by atoms with Gasteiger partial charge in [-0.1, -0.05) is 24.3 Å². The van der Waals surface area contributed by atoms with Gasteiger partial charge in [0.25, 0.3) is 5.69 Å². The van der Waals surface area contributed by atoms with E-state index in [0.29, 0.717) is 16.8 Å². The Balaban J connectivity index is 2.25. The maximum atomic E-state index is 11.3. The number of aliphatic imine (C=N–C) groups is 1. The first-order valence-corrected chi connectivity index (χ1v) is 5.96. The third kappa shape index (κ3) is 3.35. The summed E-state index contributed by atoms with van der Waals surface area (Å²) < 4.78 is 0. The van der Waals surface area contributed by atoms with Crippen LogP contribution >= 0.6 is 0 Å². The molecule has 0 aliphatic rings. The second-order valence-electron chi connectivity index (χ2n) is 4.22. The van der Waals surface area contributed by atoms with Gasteiger partial charge in [-0.25, -0.2) is 0 Å². The van der Waals surface area contributed by atoms with Crippen LogP contribution in [0.1, 0.15) is 22.8 Å². The van der Waals surface area contributed by atoms with Gasteiger partial charge in [0.05, 0.1) is 10.6 Å². The van der Waals surface area contributed by atoms with Crippen LogP contribution in [-0.2, 0) is 0 Å². The minimum Gasteiger partial charge on any atom is -0.295 e. The minimum absolute atomic E-state index is 0.0198. The number of hydrogen-bond donors (Lipinski definition) is 0. The van der Waals surface area contributed by atoms with Crippen molar-refractivity contribution in [3.63, 3.8) is 0 Å². The van der Waals surface area contributed by atoms with E-state index in [-0.39, 0.29) is 11.5 Å². The van der Waals surface area contributed by atoms with Crippen molar-refractivity contribution >= 4 is 23.4 Å². The standard InChI is InChI=1S/C15H12N2O3/c1-11(18)13-5-3-6-14(9-13)16-10-12-4-2-7-15(8-12)17(19)20/h2-10H,1H3. The highest BCUT2D eigenvalue weighted by atomic mass is 16.6. The zero-order chi connectivity index (χ0) is 14.5. The molecule has 2 aromatic carbocycles. The number of non-ortho nitro benzene ring substituents is 1. The van der Waals surface area contributed by atoms with Crippen molar-refractivity contribution in [2.24, 2.45) is 4.99 Å². The fraction of sp³-hybridized carbons (Fsp3) is 0.0667. The number of rotatable bonds is 4. The molecule has 0 heterocycles. The van der Waals surface area contributed by atoms with E-state index in [4.69, 9.17) is 0 Å². The third-order valence-electron chi connectivity index (χ3n) is 2.70. The number of nitro benzene ring substituents is 1. The van der Waals surface area contributed by atoms with Crippen LogP contribution in [0.4, 0.5) is 11.4 Å². The lowest BCUT2D eigenvalue weighted by Gasteiger charge is -1.98. The number of nitrogens with zero attached hydrogens (tertiary/aromatic N) is 2. The summed E-state index contributed by atoms with van der Waals surface area (Å²) in [6.07, 6.45) is 1.53. The summed E-state index contributed by atoms with van der Waals surface area (Å²) in [5.41, 5.74) is 1.86. The number of hydrogen-bond acceptors (Lipinski definition) is 4. The van der Waals surface area contributed by atoms with E-state index in [0.717, 1.165) is 0 Å². The lowest BCUT2D eigenvalue weighted by atomic mass is 10.1. The molecule has 0 bridgehead atoms. The van der Waals surface area contributed by atoms with Gasteiger partial charge in [-0.3, -0.25) is 19.9 Å². The van der Waals surface area contributed by atoms with Gasteiger partial charge in [0.2, 0.25) is 0 Å². The quantitative estimate of drug-likeness (QED) is 0.368. The Kier molecular flexibility index (Phi) is 4.00. The number of Topliss-reactive ketones (excluding diaryl/α,β-unsaturated/α-hetero) is 1. The van der Waals surface area contributed by atoms with Crippen molar-refractivity contribution in [2.75, 3.05) is 0 Å². The average Bonchev–Trinajstić information content (AvgIpc) is 2.45. The maximum absolute atomic E-state index is 11.3. The van der Waals surface area contributed by atoms with E-state index in [1.165, 1.54) is 25.3 Å². The summed E-state index contributed by atoms with van der Waals surface area (Å²) in [6.45, 7) is 1.49. The largest absolute Gasteiger partial charge is 0.295 e. The summed E-state index contributed by atoms with van der Waals surface area (Å²) in [6, 6.07) is 13.1. The highest BCUT2D eigenvalue weighted by Crippen LogP contribution is 2.16. The van der Waals surface area contributed by atoms with Crippen molar-refractivity contribution in [3.8, 4) is 0 Å². The molecular weight excluding hydrogens is 256 g/mol. The zero-order valence-electron chi connectivity index (χ0n) is 10.8. The molecule has 100 valence electrons. The summed E-state index contributed by atoms with van der Waals surface area (Å²) in [5.74, 6) is -0.0302. The van der Waals surface area contributed by atoms with Crippen LogP contribution in [0.2, 0.25) is 0 Å². The second kappa shape index (κ2) is 5.88. The summed E-state index contributed by atoms with van der Waals surface area (Å²) >= 11 is 0. The van der Waals surface area contributed by atoms with E-state index < -0.39 is 4.92 Å². The topological polar surface area (TPSA) is 72.6 Å². The third-order valence-corrected chi connectivity index (χ3v) is 2.70. The number of carbonyl (C=O) groups is 1. The molecule has 0 saturated carbocycles. The van der Waals surface area contributed by atoms with Crippen LogP contribution in [-0.4, -0.2) is 16.9 Å². The van der Waals surface area contributed by atoms with Gasteiger partial charge >= 0.3 is 0 Å². The van der Waals surface area contributed by atoms with E-state index >= 15 is 0 Å². The van der Waals surface area contributed by atoms with Gasteiger partial charge in [0, 0.05) is 23.9 Å². The smallest absolute Gasteiger partial charge is 0.270 e. The van der Waals surface area contributed by atoms with E-state index in [9.17, 15) is 14.9 Å². The Morgan fingerprint density at radius 3 is 2.65 bits per heavy atom. The first-order chi connectivity index (χ1) is 9.56. The number of ketones is 1. The minimum atomic E-state index is -0.451. The Labute approximate surface area is 115 Å². The predicted octanol–water partition coefficient (Wildman–Crippen LogP) is 3.55. The molecule has 0 spiro atoms. The summed E-state index contributed by atoms with van der Waals surface area (Å²) in [5, 5.41) is 10.7. The molecule has 0 amide bonds. The Morgan fingerprint density at radius 2 is 1.95 bits per heavy atom. The highest BCUT2D eigenvalue weighted by Gasteiger charge is 2.04. The molecule has 0 aliphatic carbocycles. The fourth-order valence-electron chi connectivity index (χ4n) is 1.67. The van der Waals surface area contributed by atoms with Crippen molar-refractivity contribution in [3.05, 3.63) is 69.8 Å². The van der Waals surface area contributed by atoms with E-state index in [2.05, 4.69) is 4.99 Å². The highest BCUT2D eigenvalue weighted by molar-refractivity contribution is 5.95. The molecular formula is C15H12N2O3. The SMILES string of the molecule is CC(=O)c1cccc(N=Cc2cccc([N+](=O)[O-])c2)c1. The molecule has 0 N–H and O–H groups in total. The van der Waals surface area contributed by atoms with Crippen molar-refractivity contribution in [2.45, 2.75) is 6.92 Å². The number of carbonyl (C=O) groups excluding carboxylic acids is 1. The van der Waals surface area contributed by atoms with Gasteiger partial charge in [-0.05, 0) is 24.6 Å². The first kappa shape index (κ1) is 13.6. The van der Waals surface area contributed by atoms with Crippen molar-refractivity contribution in [1.82, 2.24) is 0 Å². The van der Waals surface area contributed by atoms with Gasteiger partial charge in [0.15, 0.2) is 5.78 Å². The number of benzene rings is 2. The Morgan fingerprint density at radius 1 is 1.20 bits per heavy atom. The van der Waals surface area contributed by atoms with Crippen LogP contribution in [0.25, 0.3) is 0 Å². The molecule has 0 unspecified atom stereocenters. The molecule has 2 aromatic rings. The van der Waals surface area contributed by atoms with Crippen molar-refractivity contribution in [1.29, 1.82) is 0 Å². The van der Waals surface area contributed by atoms with Crippen LogP contribution in [0.5, 0.6) is 0 Å². The molecule has 20 heavy (non-hydrogen) atoms. The second-order valence-corrected chi connectivity index (χ2v) is 4.22. The molecule has 0 aromatic heterocycles. The Hall–Kier alpha value is -2.82. The van der Waals surface area contributed by atoms with Crippen LogP contribution in [0.15, 0.2) is 53.5 Å². The fourth-order valence-corrected chi connectivity index (χ4v) is 1.67. The lowest BCUT2D eigenvalue weighted by Crippen LogP contribution is -1.90. The van der Waals surface area contributed by atoms with E-state index in [1.54, 1.807) is 36.4 Å². The van der Waals surface area contributed by atoms with Gasteiger partial charge in [0.1, 0.15) is 0 Å². The van der Waals surface area contributed by atoms with Crippen LogP contribution in [0.3, 0.4) is 0 Å². The average molecular weight is 268 g/mol. The van der Waals surface area contributed by atoms with Gasteiger partial charge in [-0.15, -0.1) is 0 Å². The predicted molar refractivity (Wildman–Crippen MR) is 76.8 cm³/mol. The van der Waals surface area contributed by atoms with Crippen LogP contribution in [0, 0.1) is 10.1 Å². The molecule has 0 aliphatic heterocycles. The normalized spacial score (nSPS) is 10.7. The molecule has 0 saturated heterocycles. The van der Waals surface area contributed by atoms with Crippen molar-refractivity contribution < 1.29 is 9.72 Å². The molecule has 2 rings (SSSR count). The molecule has 0 fully saturated rings. The molecule has 5 heteroatoms. The van der Waals surface area contributed by atoms with Gasteiger partial charge in [-0.2, -0.15) is 0 Å². The maximum Gasteiger partial charge on any atom is 0.270 e. The molecule has 0 radical (unpaired) electrons. The number of nitro groups is 1.